The van der Waals surface area contributed by atoms with Gasteiger partial charge < -0.3 is 29.7 Å². The standard InChI is InChI=1S/C22H27NO6/c24-19-13-23(22(26)27)14-20(25)21(19)17-7-9-18(10-8-17)29-12-4-11-28-15-16-5-2-1-3-6-16/h1-3,5-10,19-21,24-25H,4,11-15H2,(H,26,27)/t19-,20+,21-. The van der Waals surface area contributed by atoms with Crippen molar-refractivity contribution in [2.75, 3.05) is 26.3 Å². The van der Waals surface area contributed by atoms with Crippen molar-refractivity contribution in [2.45, 2.75) is 31.2 Å². The van der Waals surface area contributed by atoms with Gasteiger partial charge in [0.25, 0.3) is 0 Å². The van der Waals surface area contributed by atoms with Gasteiger partial charge in [0.2, 0.25) is 0 Å². The van der Waals surface area contributed by atoms with Crippen LogP contribution >= 0.6 is 0 Å². The van der Waals surface area contributed by atoms with Crippen LogP contribution in [-0.4, -0.2) is 64.8 Å². The molecule has 3 rings (SSSR count). The number of piperidine rings is 1. The Labute approximate surface area is 170 Å². The summed E-state index contributed by atoms with van der Waals surface area (Å²) in [7, 11) is 0. The fraction of sp³-hybridized carbons (Fsp3) is 0.409. The second-order valence-electron chi connectivity index (χ2n) is 7.16. The molecule has 2 aromatic rings. The molecule has 1 heterocycles. The number of hydrogen-bond donors (Lipinski definition) is 3. The summed E-state index contributed by atoms with van der Waals surface area (Å²) in [6.45, 7) is 1.68. The molecule has 0 spiro atoms. The maximum atomic E-state index is 11.0. The average Bonchev–Trinajstić information content (AvgIpc) is 2.72. The van der Waals surface area contributed by atoms with Gasteiger partial charge in [0, 0.05) is 12.3 Å². The second kappa shape index (κ2) is 10.2. The van der Waals surface area contributed by atoms with Crippen molar-refractivity contribution in [3.63, 3.8) is 0 Å². The highest BCUT2D eigenvalue weighted by Gasteiger charge is 2.37. The van der Waals surface area contributed by atoms with E-state index < -0.39 is 24.2 Å². The SMILES string of the molecule is O=C(O)N1C[C@@H](O)[C@@H](c2ccc(OCCCOCc3ccccc3)cc2)[C@@H](O)C1. The van der Waals surface area contributed by atoms with E-state index in [1.165, 1.54) is 0 Å². The third-order valence-corrected chi connectivity index (χ3v) is 4.99. The number of carbonyl (C=O) groups is 1. The molecule has 7 nitrogen and oxygen atoms in total. The second-order valence-corrected chi connectivity index (χ2v) is 7.16. The van der Waals surface area contributed by atoms with Crippen molar-refractivity contribution in [3.05, 3.63) is 65.7 Å². The summed E-state index contributed by atoms with van der Waals surface area (Å²) in [6.07, 6.45) is -2.29. The molecule has 0 aromatic heterocycles. The zero-order valence-corrected chi connectivity index (χ0v) is 16.2. The summed E-state index contributed by atoms with van der Waals surface area (Å²) in [5, 5.41) is 29.6. The van der Waals surface area contributed by atoms with Crippen LogP contribution < -0.4 is 4.74 Å². The summed E-state index contributed by atoms with van der Waals surface area (Å²) in [5.41, 5.74) is 1.90. The number of benzene rings is 2. The van der Waals surface area contributed by atoms with E-state index in [9.17, 15) is 15.0 Å². The first-order chi connectivity index (χ1) is 14.0. The first kappa shape index (κ1) is 21.1. The molecule has 3 atom stereocenters. The minimum Gasteiger partial charge on any atom is -0.494 e. The van der Waals surface area contributed by atoms with Crippen LogP contribution in [-0.2, 0) is 11.3 Å². The Balaban J connectivity index is 1.41. The van der Waals surface area contributed by atoms with E-state index in [1.807, 2.05) is 30.3 Å². The highest BCUT2D eigenvalue weighted by molar-refractivity contribution is 5.65. The number of hydrogen-bond acceptors (Lipinski definition) is 5. The van der Waals surface area contributed by atoms with Crippen molar-refractivity contribution in [3.8, 4) is 5.75 Å². The molecule has 3 N–H and O–H groups in total. The molecule has 1 fully saturated rings. The number of amides is 1. The highest BCUT2D eigenvalue weighted by Crippen LogP contribution is 2.30. The van der Waals surface area contributed by atoms with Gasteiger partial charge in [-0.1, -0.05) is 42.5 Å². The van der Waals surface area contributed by atoms with E-state index in [-0.39, 0.29) is 13.1 Å². The molecule has 1 aliphatic heterocycles. The van der Waals surface area contributed by atoms with E-state index >= 15 is 0 Å². The fourth-order valence-corrected chi connectivity index (χ4v) is 3.51. The van der Waals surface area contributed by atoms with Gasteiger partial charge in [-0.15, -0.1) is 0 Å². The molecule has 7 heteroatoms. The maximum absolute atomic E-state index is 11.0. The minimum atomic E-state index is -1.14. The quantitative estimate of drug-likeness (QED) is 0.588. The zero-order valence-electron chi connectivity index (χ0n) is 16.2. The lowest BCUT2D eigenvalue weighted by atomic mass is 9.85. The molecule has 0 bridgehead atoms. The number of β-amino-alcohol motifs (C(OH)–C–C–N with tert-alkyl or cyclic N) is 2. The third kappa shape index (κ3) is 5.93. The average molecular weight is 401 g/mol. The van der Waals surface area contributed by atoms with Crippen molar-refractivity contribution in [2.24, 2.45) is 0 Å². The number of aliphatic hydroxyl groups is 2. The van der Waals surface area contributed by atoms with Crippen LogP contribution in [0.2, 0.25) is 0 Å². The topological polar surface area (TPSA) is 99.5 Å². The Bertz CT molecular complexity index is 755. The maximum Gasteiger partial charge on any atom is 0.407 e. The Morgan fingerprint density at radius 3 is 2.24 bits per heavy atom. The van der Waals surface area contributed by atoms with Crippen LogP contribution in [0.15, 0.2) is 54.6 Å². The van der Waals surface area contributed by atoms with Crippen molar-refractivity contribution >= 4 is 6.09 Å². The zero-order chi connectivity index (χ0) is 20.6. The molecule has 156 valence electrons. The van der Waals surface area contributed by atoms with E-state index in [1.54, 1.807) is 24.3 Å². The van der Waals surface area contributed by atoms with Crippen LogP contribution in [0.4, 0.5) is 4.79 Å². The number of carboxylic acid groups (broad SMARTS) is 1. The smallest absolute Gasteiger partial charge is 0.407 e. The first-order valence-electron chi connectivity index (χ1n) is 9.73. The van der Waals surface area contributed by atoms with Crippen molar-refractivity contribution in [1.82, 2.24) is 4.90 Å². The van der Waals surface area contributed by atoms with Gasteiger partial charge in [-0.2, -0.15) is 0 Å². The van der Waals surface area contributed by atoms with Gasteiger partial charge in [0.05, 0.1) is 45.1 Å². The van der Waals surface area contributed by atoms with Crippen molar-refractivity contribution in [1.29, 1.82) is 0 Å². The molecule has 1 saturated heterocycles. The van der Waals surface area contributed by atoms with Gasteiger partial charge >= 0.3 is 6.09 Å². The molecule has 2 aromatic carbocycles. The van der Waals surface area contributed by atoms with Gasteiger partial charge in [-0.05, 0) is 23.3 Å². The fourth-order valence-electron chi connectivity index (χ4n) is 3.51. The Hall–Kier alpha value is -2.61. The number of rotatable bonds is 8. The lowest BCUT2D eigenvalue weighted by molar-refractivity contribution is -0.0229. The summed E-state index contributed by atoms with van der Waals surface area (Å²) in [5.74, 6) is 0.176. The summed E-state index contributed by atoms with van der Waals surface area (Å²) < 4.78 is 11.3. The van der Waals surface area contributed by atoms with Gasteiger partial charge in [-0.25, -0.2) is 4.79 Å². The lowest BCUT2D eigenvalue weighted by Gasteiger charge is -2.38. The molecule has 0 unspecified atom stereocenters. The van der Waals surface area contributed by atoms with Crippen LogP contribution in [0, 0.1) is 0 Å². The number of likely N-dealkylation sites (tertiary alicyclic amines) is 1. The van der Waals surface area contributed by atoms with E-state index in [2.05, 4.69) is 0 Å². The molecule has 0 radical (unpaired) electrons. The highest BCUT2D eigenvalue weighted by atomic mass is 16.5. The molecular formula is C22H27NO6. The van der Waals surface area contributed by atoms with Gasteiger partial charge in [0.15, 0.2) is 0 Å². The van der Waals surface area contributed by atoms with E-state index in [0.717, 1.165) is 22.4 Å². The largest absolute Gasteiger partial charge is 0.494 e. The first-order valence-corrected chi connectivity index (χ1v) is 9.73. The number of aliphatic hydroxyl groups excluding tert-OH is 2. The van der Waals surface area contributed by atoms with Crippen LogP contribution in [0.1, 0.15) is 23.5 Å². The van der Waals surface area contributed by atoms with E-state index in [4.69, 9.17) is 14.6 Å². The molecule has 29 heavy (non-hydrogen) atoms. The van der Waals surface area contributed by atoms with Crippen LogP contribution in [0.25, 0.3) is 0 Å². The van der Waals surface area contributed by atoms with Crippen LogP contribution in [0.5, 0.6) is 5.75 Å². The third-order valence-electron chi connectivity index (χ3n) is 4.99. The number of ether oxygens (including phenoxy) is 2. The van der Waals surface area contributed by atoms with Gasteiger partial charge in [-0.3, -0.25) is 0 Å². The minimum absolute atomic E-state index is 0.0156. The predicted molar refractivity (Wildman–Crippen MR) is 107 cm³/mol. The Kier molecular flexibility index (Phi) is 7.46. The van der Waals surface area contributed by atoms with Gasteiger partial charge in [0.1, 0.15) is 5.75 Å². The summed E-state index contributed by atoms with van der Waals surface area (Å²) >= 11 is 0. The molecular weight excluding hydrogens is 374 g/mol. The predicted octanol–water partition coefficient (Wildman–Crippen LogP) is 2.47. The van der Waals surface area contributed by atoms with E-state index in [0.29, 0.717) is 25.6 Å². The van der Waals surface area contributed by atoms with Crippen molar-refractivity contribution < 1.29 is 29.6 Å². The summed E-state index contributed by atoms with van der Waals surface area (Å²) in [6, 6.07) is 17.2. The monoisotopic (exact) mass is 401 g/mol. The molecule has 0 saturated carbocycles. The lowest BCUT2D eigenvalue weighted by Crippen LogP contribution is -2.52. The Morgan fingerprint density at radius 1 is 0.966 bits per heavy atom. The summed E-state index contributed by atoms with van der Waals surface area (Å²) in [4.78, 5) is 12.1. The molecule has 0 aliphatic carbocycles. The van der Waals surface area contributed by atoms with Crippen LogP contribution in [0.3, 0.4) is 0 Å². The molecule has 1 aliphatic rings. The number of nitrogens with zero attached hydrogens (tertiary/aromatic N) is 1. The molecule has 1 amide bonds. The Morgan fingerprint density at radius 2 is 1.62 bits per heavy atom. The normalized spacial score (nSPS) is 21.7.